The molecule has 15 heavy (non-hydrogen) atoms. The van der Waals surface area contributed by atoms with Gasteiger partial charge < -0.3 is 10.2 Å². The third-order valence-corrected chi connectivity index (χ3v) is 3.84. The number of fused-ring (bicyclic) bond motifs is 1. The highest BCUT2D eigenvalue weighted by Gasteiger charge is 2.32. The van der Waals surface area contributed by atoms with E-state index in [1.807, 2.05) is 0 Å². The third-order valence-electron chi connectivity index (χ3n) is 3.84. The molecular weight excluding hydrogens is 186 g/mol. The lowest BCUT2D eigenvalue weighted by atomic mass is 9.87. The Morgan fingerprint density at radius 2 is 2.07 bits per heavy atom. The van der Waals surface area contributed by atoms with Crippen LogP contribution in [-0.4, -0.2) is 62.2 Å². The monoisotopic (exact) mass is 211 g/mol. The molecule has 1 aliphatic heterocycles. The highest BCUT2D eigenvalue weighted by Crippen LogP contribution is 2.25. The molecule has 0 unspecified atom stereocenters. The molecule has 0 radical (unpaired) electrons. The largest absolute Gasteiger partial charge is 0.311 e. The van der Waals surface area contributed by atoms with E-state index in [4.69, 9.17) is 0 Å². The summed E-state index contributed by atoms with van der Waals surface area (Å²) < 4.78 is 0. The Labute approximate surface area is 93.8 Å². The van der Waals surface area contributed by atoms with Crippen molar-refractivity contribution in [2.75, 3.05) is 40.3 Å². The average molecular weight is 211 g/mol. The summed E-state index contributed by atoms with van der Waals surface area (Å²) in [4.78, 5) is 5.00. The smallest absolute Gasteiger partial charge is 0.0250 e. The molecule has 2 rings (SSSR count). The van der Waals surface area contributed by atoms with Crippen molar-refractivity contribution in [1.82, 2.24) is 15.1 Å². The van der Waals surface area contributed by atoms with Gasteiger partial charge in [0.1, 0.15) is 0 Å². The first-order valence-corrected chi connectivity index (χ1v) is 6.39. The molecule has 3 nitrogen and oxygen atoms in total. The highest BCUT2D eigenvalue weighted by atomic mass is 15.3. The van der Waals surface area contributed by atoms with E-state index in [9.17, 15) is 0 Å². The van der Waals surface area contributed by atoms with Gasteiger partial charge in [-0.15, -0.1) is 0 Å². The van der Waals surface area contributed by atoms with Gasteiger partial charge >= 0.3 is 0 Å². The second-order valence-electron chi connectivity index (χ2n) is 5.25. The normalized spacial score (nSPS) is 33.0. The van der Waals surface area contributed by atoms with E-state index in [0.29, 0.717) is 0 Å². The summed E-state index contributed by atoms with van der Waals surface area (Å²) in [5, 5.41) is 3.68. The number of piperazine rings is 1. The number of nitrogens with one attached hydrogen (secondary N) is 1. The summed E-state index contributed by atoms with van der Waals surface area (Å²) in [7, 11) is 4.33. The first-order chi connectivity index (χ1) is 7.27. The fourth-order valence-electron chi connectivity index (χ4n) is 2.95. The fraction of sp³-hybridized carbons (Fsp3) is 1.00. The second-order valence-corrected chi connectivity index (χ2v) is 5.25. The molecule has 0 amide bonds. The Morgan fingerprint density at radius 3 is 2.87 bits per heavy atom. The van der Waals surface area contributed by atoms with Crippen LogP contribution in [0.3, 0.4) is 0 Å². The van der Waals surface area contributed by atoms with Crippen LogP contribution in [0.25, 0.3) is 0 Å². The zero-order valence-electron chi connectivity index (χ0n) is 10.2. The van der Waals surface area contributed by atoms with Crippen molar-refractivity contribution in [2.45, 2.75) is 37.8 Å². The van der Waals surface area contributed by atoms with Gasteiger partial charge in [0.15, 0.2) is 0 Å². The van der Waals surface area contributed by atoms with Gasteiger partial charge in [-0.05, 0) is 26.9 Å². The van der Waals surface area contributed by atoms with Crippen LogP contribution in [0.4, 0.5) is 0 Å². The Kier molecular flexibility index (Phi) is 4.00. The third kappa shape index (κ3) is 2.92. The van der Waals surface area contributed by atoms with E-state index >= 15 is 0 Å². The summed E-state index contributed by atoms with van der Waals surface area (Å²) >= 11 is 0. The molecule has 0 aromatic carbocycles. The van der Waals surface area contributed by atoms with Crippen LogP contribution >= 0.6 is 0 Å². The number of nitrogens with zero attached hydrogens (tertiary/aromatic N) is 2. The van der Waals surface area contributed by atoms with Crippen molar-refractivity contribution in [3.05, 3.63) is 0 Å². The molecular formula is C12H25N3. The van der Waals surface area contributed by atoms with Gasteiger partial charge in [0.25, 0.3) is 0 Å². The zero-order valence-corrected chi connectivity index (χ0v) is 10.2. The fourth-order valence-corrected chi connectivity index (χ4v) is 2.95. The van der Waals surface area contributed by atoms with Crippen molar-refractivity contribution in [2.24, 2.45) is 0 Å². The van der Waals surface area contributed by atoms with Gasteiger partial charge in [0.05, 0.1) is 0 Å². The number of rotatable bonds is 3. The van der Waals surface area contributed by atoms with E-state index in [0.717, 1.165) is 12.1 Å². The first kappa shape index (κ1) is 11.4. The van der Waals surface area contributed by atoms with E-state index < -0.39 is 0 Å². The molecule has 0 spiro atoms. The van der Waals surface area contributed by atoms with Crippen LogP contribution in [0.5, 0.6) is 0 Å². The van der Waals surface area contributed by atoms with Gasteiger partial charge in [0.2, 0.25) is 0 Å². The molecule has 88 valence electrons. The SMILES string of the molecule is CN(C)CCN1CCN[C@H]2CCCC[C@@H]21. The van der Waals surface area contributed by atoms with Crippen LogP contribution in [0.15, 0.2) is 0 Å². The second kappa shape index (κ2) is 5.28. The minimum Gasteiger partial charge on any atom is -0.311 e. The molecule has 1 aliphatic carbocycles. The number of likely N-dealkylation sites (N-methyl/N-ethyl adjacent to an activating group) is 1. The lowest BCUT2D eigenvalue weighted by Gasteiger charge is -2.45. The van der Waals surface area contributed by atoms with Gasteiger partial charge in [-0.2, -0.15) is 0 Å². The maximum Gasteiger partial charge on any atom is 0.0250 e. The Morgan fingerprint density at radius 1 is 1.27 bits per heavy atom. The number of hydrogen-bond donors (Lipinski definition) is 1. The molecule has 0 aromatic rings. The van der Waals surface area contributed by atoms with Crippen molar-refractivity contribution in [1.29, 1.82) is 0 Å². The van der Waals surface area contributed by atoms with E-state index in [-0.39, 0.29) is 0 Å². The van der Waals surface area contributed by atoms with E-state index in [2.05, 4.69) is 29.2 Å². The lowest BCUT2D eigenvalue weighted by molar-refractivity contribution is 0.0819. The maximum absolute atomic E-state index is 3.68. The van der Waals surface area contributed by atoms with Crippen LogP contribution < -0.4 is 5.32 Å². The standard InChI is InChI=1S/C12H25N3/c1-14(2)9-10-15-8-7-13-11-5-3-4-6-12(11)15/h11-13H,3-10H2,1-2H3/t11-,12-/m0/s1. The van der Waals surface area contributed by atoms with Crippen molar-refractivity contribution in [3.63, 3.8) is 0 Å². The predicted octanol–water partition coefficient (Wildman–Crippen LogP) is 0.764. The summed E-state index contributed by atoms with van der Waals surface area (Å²) in [6.45, 7) is 4.88. The van der Waals surface area contributed by atoms with Crippen LogP contribution in [0.2, 0.25) is 0 Å². The summed E-state index contributed by atoms with van der Waals surface area (Å²) in [5.74, 6) is 0. The van der Waals surface area contributed by atoms with Crippen LogP contribution in [0, 0.1) is 0 Å². The molecule has 2 aliphatic rings. The summed E-state index contributed by atoms with van der Waals surface area (Å²) in [6, 6.07) is 1.61. The number of hydrogen-bond acceptors (Lipinski definition) is 3. The minimum absolute atomic E-state index is 0.787. The molecule has 1 saturated heterocycles. The molecule has 0 aromatic heterocycles. The summed E-state index contributed by atoms with van der Waals surface area (Å²) in [5.41, 5.74) is 0. The van der Waals surface area contributed by atoms with Crippen LogP contribution in [0.1, 0.15) is 25.7 Å². The van der Waals surface area contributed by atoms with Crippen molar-refractivity contribution >= 4 is 0 Å². The van der Waals surface area contributed by atoms with Crippen molar-refractivity contribution in [3.8, 4) is 0 Å². The lowest BCUT2D eigenvalue weighted by Crippen LogP contribution is -2.59. The zero-order chi connectivity index (χ0) is 10.7. The van der Waals surface area contributed by atoms with Gasteiger partial charge in [-0.1, -0.05) is 12.8 Å². The quantitative estimate of drug-likeness (QED) is 0.744. The predicted molar refractivity (Wildman–Crippen MR) is 64.2 cm³/mol. The van der Waals surface area contributed by atoms with Crippen molar-refractivity contribution < 1.29 is 0 Å². The Balaban J connectivity index is 1.86. The summed E-state index contributed by atoms with van der Waals surface area (Å²) in [6.07, 6.45) is 5.66. The van der Waals surface area contributed by atoms with E-state index in [1.165, 1.54) is 51.9 Å². The highest BCUT2D eigenvalue weighted by molar-refractivity contribution is 4.92. The minimum atomic E-state index is 0.787. The molecule has 1 heterocycles. The molecule has 0 bridgehead atoms. The van der Waals surface area contributed by atoms with Gasteiger partial charge in [-0.25, -0.2) is 0 Å². The molecule has 1 saturated carbocycles. The average Bonchev–Trinajstić information content (AvgIpc) is 2.26. The molecule has 2 atom stereocenters. The Bertz CT molecular complexity index is 191. The maximum atomic E-state index is 3.68. The first-order valence-electron chi connectivity index (χ1n) is 6.39. The molecule has 1 N–H and O–H groups in total. The van der Waals surface area contributed by atoms with E-state index in [1.54, 1.807) is 0 Å². The van der Waals surface area contributed by atoms with Gasteiger partial charge in [-0.3, -0.25) is 4.90 Å². The Hall–Kier alpha value is -0.120. The van der Waals surface area contributed by atoms with Gasteiger partial charge in [0, 0.05) is 38.3 Å². The molecule has 3 heteroatoms. The molecule has 2 fully saturated rings. The van der Waals surface area contributed by atoms with Crippen LogP contribution in [-0.2, 0) is 0 Å². The topological polar surface area (TPSA) is 18.5 Å².